The summed E-state index contributed by atoms with van der Waals surface area (Å²) in [5.74, 6) is 0. The van der Waals surface area contributed by atoms with Crippen LogP contribution < -0.4 is 8.75 Å². The summed E-state index contributed by atoms with van der Waals surface area (Å²) in [6.45, 7) is 0. The van der Waals surface area contributed by atoms with Crippen LogP contribution in [0.2, 0.25) is 5.02 Å². The van der Waals surface area contributed by atoms with E-state index in [9.17, 15) is 0 Å². The van der Waals surface area contributed by atoms with Gasteiger partial charge in [0.15, 0.2) is 0 Å². The third kappa shape index (κ3) is 1.15. The first-order chi connectivity index (χ1) is 6.36. The number of fused-ring (bicyclic) bond motifs is 2. The van der Waals surface area contributed by atoms with Gasteiger partial charge in [-0.15, -0.1) is 0 Å². The summed E-state index contributed by atoms with van der Waals surface area (Å²) in [5.41, 5.74) is 1.43. The average Bonchev–Trinajstić information content (AvgIpc) is 2.71. The molecule has 68 valence electrons. The molecule has 3 rings (SSSR count). The SMILES string of the molecule is Clc1c2ss[n-]c2nc2[n-]ssc12. The second-order valence-corrected chi connectivity index (χ2v) is 6.32. The van der Waals surface area contributed by atoms with Gasteiger partial charge >= 0.3 is 0 Å². The molecule has 0 aromatic carbocycles. The van der Waals surface area contributed by atoms with Gasteiger partial charge in [-0.3, -0.25) is 0 Å². The highest BCUT2D eigenvalue weighted by atomic mass is 35.5. The topological polar surface area (TPSA) is 41.1 Å². The predicted octanol–water partition coefficient (Wildman–Crippen LogP) is 3.33. The molecule has 0 aliphatic rings. The van der Waals surface area contributed by atoms with Crippen molar-refractivity contribution in [3.05, 3.63) is 5.02 Å². The summed E-state index contributed by atoms with van der Waals surface area (Å²) < 4.78 is 10.2. The lowest BCUT2D eigenvalue weighted by Gasteiger charge is -2.02. The second-order valence-electron chi connectivity index (χ2n) is 2.23. The third-order valence-electron chi connectivity index (χ3n) is 1.51. The van der Waals surface area contributed by atoms with E-state index in [1.54, 1.807) is 20.7 Å². The maximum atomic E-state index is 6.17. The van der Waals surface area contributed by atoms with E-state index in [0.717, 1.165) is 14.4 Å². The van der Waals surface area contributed by atoms with Crippen LogP contribution in [0.25, 0.3) is 20.7 Å². The molecule has 0 saturated heterocycles. The van der Waals surface area contributed by atoms with Gasteiger partial charge in [0.2, 0.25) is 0 Å². The molecule has 0 unspecified atom stereocenters. The van der Waals surface area contributed by atoms with Gasteiger partial charge in [0, 0.05) is 0 Å². The molecule has 0 atom stereocenters. The highest BCUT2D eigenvalue weighted by Crippen LogP contribution is 2.36. The first-order valence-corrected chi connectivity index (χ1v) is 7.78. The Morgan fingerprint density at radius 2 is 1.54 bits per heavy atom. The van der Waals surface area contributed by atoms with Gasteiger partial charge in [-0.05, 0) is 11.3 Å². The first kappa shape index (κ1) is 8.25. The molecule has 0 amide bonds. The van der Waals surface area contributed by atoms with E-state index in [1.807, 2.05) is 0 Å². The van der Waals surface area contributed by atoms with E-state index in [0.29, 0.717) is 11.3 Å². The minimum absolute atomic E-state index is 0.714. The average molecular weight is 266 g/mol. The molecule has 0 aliphatic carbocycles. The number of hydrogen-bond donors (Lipinski definition) is 0. The number of pyridine rings is 1. The number of rotatable bonds is 0. The number of hydrogen-bond acceptors (Lipinski definition) is 5. The van der Waals surface area contributed by atoms with Crippen LogP contribution in [0.5, 0.6) is 0 Å². The fourth-order valence-electron chi connectivity index (χ4n) is 0.955. The first-order valence-electron chi connectivity index (χ1n) is 3.19. The Hall–Kier alpha value is -0.0800. The van der Waals surface area contributed by atoms with Gasteiger partial charge in [-0.25, -0.2) is 0 Å². The Morgan fingerprint density at radius 3 is 2.08 bits per heavy atom. The van der Waals surface area contributed by atoms with Crippen LogP contribution in [0.15, 0.2) is 0 Å². The van der Waals surface area contributed by atoms with E-state index in [-0.39, 0.29) is 0 Å². The number of aromatic nitrogens is 3. The molecule has 0 fully saturated rings. The van der Waals surface area contributed by atoms with Crippen molar-refractivity contribution in [2.75, 3.05) is 0 Å². The van der Waals surface area contributed by atoms with Crippen LogP contribution >= 0.6 is 53.4 Å². The van der Waals surface area contributed by atoms with E-state index >= 15 is 0 Å². The summed E-state index contributed by atoms with van der Waals surface area (Å²) in [6.07, 6.45) is 0. The zero-order valence-electron chi connectivity index (χ0n) is 5.85. The fourth-order valence-corrected chi connectivity index (χ4v) is 5.16. The molecular weight excluding hydrogens is 266 g/mol. The molecule has 3 nitrogen and oxygen atoms in total. The van der Waals surface area contributed by atoms with Crippen molar-refractivity contribution in [3.8, 4) is 0 Å². The molecule has 0 bridgehead atoms. The van der Waals surface area contributed by atoms with Crippen molar-refractivity contribution in [2.24, 2.45) is 0 Å². The summed E-state index contributed by atoms with van der Waals surface area (Å²) in [6, 6.07) is 0. The second kappa shape index (κ2) is 2.96. The van der Waals surface area contributed by atoms with Crippen molar-refractivity contribution < 1.29 is 0 Å². The fraction of sp³-hybridized carbons (Fsp3) is 0. The highest BCUT2D eigenvalue weighted by Gasteiger charge is 2.02. The van der Waals surface area contributed by atoms with E-state index < -0.39 is 0 Å². The Labute approximate surface area is 92.4 Å². The lowest BCUT2D eigenvalue weighted by Crippen LogP contribution is -1.81. The monoisotopic (exact) mass is 265 g/mol. The standard InChI is InChI=1S/C5ClN3S4/c6-1-2-4(8-12-10-2)7-5-3(1)11-13-9-5/q-2. The molecule has 0 radical (unpaired) electrons. The predicted molar refractivity (Wildman–Crippen MR) is 60.0 cm³/mol. The normalized spacial score (nSPS) is 11.5. The zero-order chi connectivity index (χ0) is 8.84. The van der Waals surface area contributed by atoms with Crippen LogP contribution in [-0.2, 0) is 0 Å². The Kier molecular flexibility index (Phi) is 1.88. The zero-order valence-corrected chi connectivity index (χ0v) is 9.87. The molecule has 3 aromatic heterocycles. The third-order valence-corrected chi connectivity index (χ3v) is 5.75. The Bertz CT molecular complexity index is 539. The van der Waals surface area contributed by atoms with Crippen LogP contribution in [0, 0.1) is 0 Å². The van der Waals surface area contributed by atoms with Gasteiger partial charge in [-0.2, -0.15) is 0 Å². The number of nitrogens with zero attached hydrogens (tertiary/aromatic N) is 3. The van der Waals surface area contributed by atoms with Crippen LogP contribution in [0.1, 0.15) is 0 Å². The van der Waals surface area contributed by atoms with Crippen LogP contribution in [0.4, 0.5) is 0 Å². The quantitative estimate of drug-likeness (QED) is 0.586. The summed E-state index contributed by atoms with van der Waals surface area (Å²) in [5, 5.41) is 0.748. The largest absolute Gasteiger partial charge is 0.436 e. The molecule has 0 spiro atoms. The van der Waals surface area contributed by atoms with Crippen molar-refractivity contribution in [1.29, 1.82) is 0 Å². The van der Waals surface area contributed by atoms with Crippen molar-refractivity contribution in [1.82, 2.24) is 13.7 Å². The lowest BCUT2D eigenvalue weighted by molar-refractivity contribution is 1.38. The minimum atomic E-state index is 0.714. The van der Waals surface area contributed by atoms with Gasteiger partial charge in [-0.1, -0.05) is 53.4 Å². The summed E-state index contributed by atoms with van der Waals surface area (Å²) in [7, 11) is 5.92. The highest BCUT2D eigenvalue weighted by molar-refractivity contribution is 7.71. The van der Waals surface area contributed by atoms with Crippen molar-refractivity contribution in [2.45, 2.75) is 0 Å². The van der Waals surface area contributed by atoms with E-state index in [2.05, 4.69) is 13.7 Å². The molecule has 13 heavy (non-hydrogen) atoms. The summed E-state index contributed by atoms with van der Waals surface area (Å²) in [4.78, 5) is 4.29. The van der Waals surface area contributed by atoms with Crippen LogP contribution in [0.3, 0.4) is 0 Å². The van der Waals surface area contributed by atoms with Gasteiger partial charge in [0.1, 0.15) is 0 Å². The maximum absolute atomic E-state index is 6.17. The van der Waals surface area contributed by atoms with Crippen molar-refractivity contribution >= 4 is 74.0 Å². The van der Waals surface area contributed by atoms with Gasteiger partial charge in [0.25, 0.3) is 0 Å². The molecular formula is C5ClN3S4-2. The van der Waals surface area contributed by atoms with E-state index in [1.165, 1.54) is 21.1 Å². The molecule has 3 heterocycles. The van der Waals surface area contributed by atoms with E-state index in [4.69, 9.17) is 11.6 Å². The molecule has 0 aliphatic heterocycles. The lowest BCUT2D eigenvalue weighted by atomic mass is 10.4. The van der Waals surface area contributed by atoms with Crippen LogP contribution in [-0.4, -0.2) is 4.98 Å². The summed E-state index contributed by atoms with van der Waals surface area (Å²) >= 11 is 6.17. The van der Waals surface area contributed by atoms with Gasteiger partial charge < -0.3 is 13.7 Å². The molecule has 3 aromatic rings. The molecule has 0 saturated carbocycles. The molecule has 8 heteroatoms. The molecule has 0 N–H and O–H groups in total. The van der Waals surface area contributed by atoms with Crippen molar-refractivity contribution in [3.63, 3.8) is 0 Å². The minimum Gasteiger partial charge on any atom is -0.436 e. The maximum Gasteiger partial charge on any atom is 0.0764 e. The Morgan fingerprint density at radius 1 is 1.00 bits per heavy atom. The number of halogens is 1. The Balaban J connectivity index is 2.67. The van der Waals surface area contributed by atoms with Gasteiger partial charge in [0.05, 0.1) is 14.4 Å². The smallest absolute Gasteiger partial charge is 0.0764 e.